The molecule has 0 aliphatic heterocycles. The van der Waals surface area contributed by atoms with E-state index in [4.69, 9.17) is 0 Å². The van der Waals surface area contributed by atoms with Crippen molar-refractivity contribution < 1.29 is 5.11 Å². The Morgan fingerprint density at radius 2 is 1.94 bits per heavy atom. The normalized spacial score (nSPS) is 10.6. The Labute approximate surface area is 95.3 Å². The zero-order valence-corrected chi connectivity index (χ0v) is 9.64. The molecule has 1 aromatic carbocycles. The van der Waals surface area contributed by atoms with Crippen molar-refractivity contribution in [2.24, 2.45) is 0 Å². The first-order valence-corrected chi connectivity index (χ1v) is 5.55. The van der Waals surface area contributed by atoms with Crippen molar-refractivity contribution in [3.05, 3.63) is 41.6 Å². The van der Waals surface area contributed by atoms with Crippen LogP contribution in [-0.2, 0) is 6.42 Å². The van der Waals surface area contributed by atoms with E-state index >= 15 is 0 Å². The predicted molar refractivity (Wildman–Crippen MR) is 64.0 cm³/mol. The summed E-state index contributed by atoms with van der Waals surface area (Å²) in [5.41, 5.74) is 3.02. The second-order valence-corrected chi connectivity index (χ2v) is 3.99. The third kappa shape index (κ3) is 2.08. The summed E-state index contributed by atoms with van der Waals surface area (Å²) in [7, 11) is 0. The molecule has 2 aromatic rings. The van der Waals surface area contributed by atoms with Crippen molar-refractivity contribution in [2.75, 3.05) is 0 Å². The lowest BCUT2D eigenvalue weighted by molar-refractivity contribution is 0.433. The topological polar surface area (TPSA) is 38.0 Å². The molecule has 84 valence electrons. The quantitative estimate of drug-likeness (QED) is 0.856. The number of aromatic nitrogens is 2. The molecule has 3 heteroatoms. The number of rotatable bonds is 3. The van der Waals surface area contributed by atoms with E-state index < -0.39 is 0 Å². The fourth-order valence-corrected chi connectivity index (χ4v) is 1.67. The Balaban J connectivity index is 2.36. The molecule has 0 amide bonds. The van der Waals surface area contributed by atoms with Gasteiger partial charge < -0.3 is 5.11 Å². The maximum atomic E-state index is 9.78. The van der Waals surface area contributed by atoms with Crippen LogP contribution in [0.1, 0.15) is 24.6 Å². The molecule has 1 heterocycles. The first-order chi connectivity index (χ1) is 7.70. The van der Waals surface area contributed by atoms with Crippen LogP contribution in [0.2, 0.25) is 0 Å². The van der Waals surface area contributed by atoms with Crippen molar-refractivity contribution >= 4 is 0 Å². The molecule has 0 radical (unpaired) electrons. The van der Waals surface area contributed by atoms with E-state index in [1.807, 2.05) is 31.2 Å². The molecule has 0 aliphatic rings. The van der Waals surface area contributed by atoms with Crippen molar-refractivity contribution in [3.8, 4) is 11.6 Å². The van der Waals surface area contributed by atoms with Crippen LogP contribution in [0.4, 0.5) is 0 Å². The van der Waals surface area contributed by atoms with Gasteiger partial charge in [0, 0.05) is 6.07 Å². The molecule has 0 aliphatic carbocycles. The molecule has 1 aromatic heterocycles. The molecule has 0 fully saturated rings. The summed E-state index contributed by atoms with van der Waals surface area (Å²) in [6.45, 7) is 4.14. The van der Waals surface area contributed by atoms with Gasteiger partial charge in [-0.25, -0.2) is 4.68 Å². The molecule has 1 N–H and O–H groups in total. The number of hydrogen-bond acceptors (Lipinski definition) is 2. The van der Waals surface area contributed by atoms with Crippen molar-refractivity contribution in [2.45, 2.75) is 26.7 Å². The Morgan fingerprint density at radius 3 is 2.56 bits per heavy atom. The highest BCUT2D eigenvalue weighted by Gasteiger charge is 2.07. The summed E-state index contributed by atoms with van der Waals surface area (Å²) in [6, 6.07) is 9.66. The summed E-state index contributed by atoms with van der Waals surface area (Å²) in [6.07, 6.45) is 1.93. The standard InChI is InChI=1S/C13H16N2O/c1-3-4-11-9-13(16)15(14-11)12-7-5-10(2)6-8-12/h5-9,16H,3-4H2,1-2H3. The van der Waals surface area contributed by atoms with Crippen LogP contribution in [0.3, 0.4) is 0 Å². The Hall–Kier alpha value is -1.77. The van der Waals surface area contributed by atoms with Gasteiger partial charge in [-0.3, -0.25) is 0 Å². The van der Waals surface area contributed by atoms with Gasteiger partial charge in [0.2, 0.25) is 5.88 Å². The molecule has 0 saturated heterocycles. The molecule has 0 unspecified atom stereocenters. The largest absolute Gasteiger partial charge is 0.493 e. The molecule has 0 atom stereocenters. The molecule has 16 heavy (non-hydrogen) atoms. The van der Waals surface area contributed by atoms with Gasteiger partial charge in [-0.15, -0.1) is 0 Å². The molecule has 3 nitrogen and oxygen atoms in total. The van der Waals surface area contributed by atoms with E-state index in [2.05, 4.69) is 12.0 Å². The van der Waals surface area contributed by atoms with E-state index in [0.29, 0.717) is 0 Å². The van der Waals surface area contributed by atoms with Crippen LogP contribution in [-0.4, -0.2) is 14.9 Å². The molecular weight excluding hydrogens is 200 g/mol. The van der Waals surface area contributed by atoms with Gasteiger partial charge in [0.15, 0.2) is 0 Å². The lowest BCUT2D eigenvalue weighted by Gasteiger charge is -2.02. The Kier molecular flexibility index (Phi) is 2.95. The van der Waals surface area contributed by atoms with E-state index in [1.54, 1.807) is 10.7 Å². The van der Waals surface area contributed by atoms with Gasteiger partial charge in [-0.05, 0) is 25.5 Å². The number of aromatic hydroxyl groups is 1. The van der Waals surface area contributed by atoms with Gasteiger partial charge in [0.1, 0.15) is 0 Å². The zero-order valence-electron chi connectivity index (χ0n) is 9.64. The molecule has 0 spiro atoms. The van der Waals surface area contributed by atoms with Crippen LogP contribution in [0, 0.1) is 6.92 Å². The Bertz CT molecular complexity index is 471. The minimum absolute atomic E-state index is 0.201. The minimum atomic E-state index is 0.201. The predicted octanol–water partition coefficient (Wildman–Crippen LogP) is 2.84. The summed E-state index contributed by atoms with van der Waals surface area (Å²) in [5.74, 6) is 0.201. The van der Waals surface area contributed by atoms with Crippen LogP contribution >= 0.6 is 0 Å². The van der Waals surface area contributed by atoms with Gasteiger partial charge in [-0.2, -0.15) is 5.10 Å². The van der Waals surface area contributed by atoms with Gasteiger partial charge in [-0.1, -0.05) is 31.0 Å². The van der Waals surface area contributed by atoms with E-state index in [0.717, 1.165) is 24.2 Å². The number of aryl methyl sites for hydroxylation is 2. The van der Waals surface area contributed by atoms with Gasteiger partial charge in [0.05, 0.1) is 11.4 Å². The van der Waals surface area contributed by atoms with Gasteiger partial charge >= 0.3 is 0 Å². The highest BCUT2D eigenvalue weighted by molar-refractivity contribution is 5.37. The third-order valence-corrected chi connectivity index (χ3v) is 2.53. The maximum Gasteiger partial charge on any atom is 0.214 e. The van der Waals surface area contributed by atoms with Crippen molar-refractivity contribution in [1.29, 1.82) is 0 Å². The van der Waals surface area contributed by atoms with Crippen molar-refractivity contribution in [1.82, 2.24) is 9.78 Å². The summed E-state index contributed by atoms with van der Waals surface area (Å²) in [4.78, 5) is 0. The van der Waals surface area contributed by atoms with Gasteiger partial charge in [0.25, 0.3) is 0 Å². The zero-order chi connectivity index (χ0) is 11.5. The fourth-order valence-electron chi connectivity index (χ4n) is 1.67. The third-order valence-electron chi connectivity index (χ3n) is 2.53. The summed E-state index contributed by atoms with van der Waals surface area (Å²) >= 11 is 0. The number of hydrogen-bond donors (Lipinski definition) is 1. The van der Waals surface area contributed by atoms with Crippen LogP contribution in [0.15, 0.2) is 30.3 Å². The fraction of sp³-hybridized carbons (Fsp3) is 0.308. The SMILES string of the molecule is CCCc1cc(O)n(-c2ccc(C)cc2)n1. The summed E-state index contributed by atoms with van der Waals surface area (Å²) < 4.78 is 1.57. The van der Waals surface area contributed by atoms with Crippen molar-refractivity contribution in [3.63, 3.8) is 0 Å². The van der Waals surface area contributed by atoms with Crippen LogP contribution < -0.4 is 0 Å². The second kappa shape index (κ2) is 4.39. The average Bonchev–Trinajstić information content (AvgIpc) is 2.61. The van der Waals surface area contributed by atoms with Crippen LogP contribution in [0.25, 0.3) is 5.69 Å². The van der Waals surface area contributed by atoms with E-state index in [9.17, 15) is 5.11 Å². The Morgan fingerprint density at radius 1 is 1.25 bits per heavy atom. The maximum absolute atomic E-state index is 9.78. The lowest BCUT2D eigenvalue weighted by Crippen LogP contribution is -1.96. The molecule has 0 bridgehead atoms. The highest BCUT2D eigenvalue weighted by atomic mass is 16.3. The number of nitrogens with zero attached hydrogens (tertiary/aromatic N) is 2. The lowest BCUT2D eigenvalue weighted by atomic mass is 10.2. The number of benzene rings is 1. The molecular formula is C13H16N2O. The van der Waals surface area contributed by atoms with E-state index in [1.165, 1.54) is 5.56 Å². The highest BCUT2D eigenvalue weighted by Crippen LogP contribution is 2.19. The van der Waals surface area contributed by atoms with E-state index in [-0.39, 0.29) is 5.88 Å². The molecule has 0 saturated carbocycles. The summed E-state index contributed by atoms with van der Waals surface area (Å²) in [5, 5.41) is 14.1. The smallest absolute Gasteiger partial charge is 0.214 e. The molecule has 2 rings (SSSR count). The second-order valence-electron chi connectivity index (χ2n) is 3.99. The first kappa shape index (κ1) is 10.7. The average molecular weight is 216 g/mol. The van der Waals surface area contributed by atoms with Crippen LogP contribution in [0.5, 0.6) is 5.88 Å². The minimum Gasteiger partial charge on any atom is -0.493 e. The first-order valence-electron chi connectivity index (χ1n) is 5.55. The monoisotopic (exact) mass is 216 g/mol.